The van der Waals surface area contributed by atoms with Crippen LogP contribution in [0.4, 0.5) is 0 Å². The van der Waals surface area contributed by atoms with E-state index in [4.69, 9.17) is 61.6 Å². The summed E-state index contributed by atoms with van der Waals surface area (Å²) in [5, 5.41) is 10.1. The summed E-state index contributed by atoms with van der Waals surface area (Å²) in [5.74, 6) is -1.84. The van der Waals surface area contributed by atoms with Crippen molar-refractivity contribution in [3.05, 3.63) is 35.9 Å². The van der Waals surface area contributed by atoms with E-state index >= 15 is 0 Å². The van der Waals surface area contributed by atoms with E-state index in [-0.39, 0.29) is 50.8 Å². The number of ketones is 1. The predicted molar refractivity (Wildman–Crippen MR) is 266 cm³/mol. The third-order valence-electron chi connectivity index (χ3n) is 9.68. The topological polar surface area (TPSA) is 253 Å². The Labute approximate surface area is 427 Å². The van der Waals surface area contributed by atoms with E-state index in [1.165, 1.54) is 0 Å². The molecule has 0 saturated carbocycles. The van der Waals surface area contributed by atoms with Crippen molar-refractivity contribution in [3.8, 4) is 0 Å². The van der Waals surface area contributed by atoms with E-state index in [1.807, 2.05) is 30.3 Å². The van der Waals surface area contributed by atoms with E-state index in [1.54, 1.807) is 13.8 Å². The molecule has 22 heteroatoms. The van der Waals surface area contributed by atoms with Gasteiger partial charge in [-0.25, -0.2) is 0 Å². The van der Waals surface area contributed by atoms with Crippen molar-refractivity contribution >= 4 is 29.4 Å². The number of rotatable bonds is 53. The lowest BCUT2D eigenvalue weighted by Crippen LogP contribution is -2.52. The first-order chi connectivity index (χ1) is 35.1. The van der Waals surface area contributed by atoms with Gasteiger partial charge in [0.15, 0.2) is 5.78 Å². The average molecular weight is 1030 g/mol. The van der Waals surface area contributed by atoms with Gasteiger partial charge in [0, 0.05) is 25.4 Å². The van der Waals surface area contributed by atoms with Crippen LogP contribution >= 0.6 is 0 Å². The summed E-state index contributed by atoms with van der Waals surface area (Å²) >= 11 is 0. The lowest BCUT2D eigenvalue weighted by Gasteiger charge is -2.19. The normalized spacial score (nSPS) is 11.8. The maximum atomic E-state index is 12.8. The minimum absolute atomic E-state index is 0.0288. The van der Waals surface area contributed by atoms with Gasteiger partial charge in [0.25, 0.3) is 0 Å². The summed E-state index contributed by atoms with van der Waals surface area (Å²) in [6.07, 6.45) is 1.28. The highest BCUT2D eigenvalue weighted by Gasteiger charge is 2.22. The molecule has 0 radical (unpaired) electrons. The molecule has 1 aromatic rings. The van der Waals surface area contributed by atoms with E-state index in [2.05, 4.69) is 35.1 Å². The third-order valence-corrected chi connectivity index (χ3v) is 9.68. The van der Waals surface area contributed by atoms with Crippen LogP contribution in [0.5, 0.6) is 0 Å². The molecule has 0 aliphatic heterocycles. The van der Waals surface area contributed by atoms with Gasteiger partial charge in [-0.3, -0.25) is 24.0 Å². The molecule has 22 nitrogen and oxygen atoms in total. The van der Waals surface area contributed by atoms with Crippen LogP contribution in [-0.4, -0.2) is 227 Å². The monoisotopic (exact) mass is 1030 g/mol. The highest BCUT2D eigenvalue weighted by Crippen LogP contribution is 2.04. The maximum absolute atomic E-state index is 12.8. The fourth-order valence-electron chi connectivity index (χ4n) is 5.54. The Bertz CT molecular complexity index is 1460. The van der Waals surface area contributed by atoms with Crippen LogP contribution in [0.15, 0.2) is 30.3 Å². The summed E-state index contributed by atoms with van der Waals surface area (Å²) < 4.78 is 71.3. The summed E-state index contributed by atoms with van der Waals surface area (Å²) in [6.45, 7) is 19.0. The van der Waals surface area contributed by atoms with E-state index in [9.17, 15) is 24.0 Å². The van der Waals surface area contributed by atoms with E-state index in [0.29, 0.717) is 158 Å². The highest BCUT2D eigenvalue weighted by atomic mass is 16.6. The molecule has 0 heterocycles. The number of carbonyl (C=O) groups is 5. The second kappa shape index (κ2) is 49.5. The van der Waals surface area contributed by atoms with Gasteiger partial charge in [-0.2, -0.15) is 0 Å². The van der Waals surface area contributed by atoms with Crippen LogP contribution in [0.3, 0.4) is 0 Å². The SMILES string of the molecule is CC(C)CCOCCOCCOCCOCCOCCOCCOCCOCCOCCOCCOCCOCCOCCC(=O)NCC(=O)NCC(=O)N[C@@H](Cc1ccccc1)C(=O)NCC(=O)C(C)C. The summed E-state index contributed by atoms with van der Waals surface area (Å²) in [7, 11) is 0. The Morgan fingerprint density at radius 2 is 0.722 bits per heavy atom. The molecule has 1 atom stereocenters. The fraction of sp³-hybridized carbons (Fsp3) is 0.780. The minimum atomic E-state index is -0.963. The summed E-state index contributed by atoms with van der Waals surface area (Å²) in [6, 6.07) is 8.12. The van der Waals surface area contributed by atoms with Gasteiger partial charge in [-0.15, -0.1) is 0 Å². The van der Waals surface area contributed by atoms with Crippen molar-refractivity contribution in [2.45, 2.75) is 53.0 Å². The number of nitrogens with one attached hydrogen (secondary N) is 4. The minimum Gasteiger partial charge on any atom is -0.379 e. The molecule has 0 unspecified atom stereocenters. The molecule has 72 heavy (non-hydrogen) atoms. The number of ether oxygens (including phenoxy) is 13. The zero-order valence-electron chi connectivity index (χ0n) is 43.6. The Hall–Kier alpha value is -3.75. The molecule has 0 fully saturated rings. The van der Waals surface area contributed by atoms with Crippen LogP contribution in [0, 0.1) is 11.8 Å². The van der Waals surface area contributed by atoms with Gasteiger partial charge in [0.2, 0.25) is 23.6 Å². The fourth-order valence-corrected chi connectivity index (χ4v) is 5.54. The number of carbonyl (C=O) groups excluding carboxylic acids is 5. The molecule has 1 aromatic carbocycles. The Kier molecular flexibility index (Phi) is 45.5. The van der Waals surface area contributed by atoms with Crippen LogP contribution in [0.2, 0.25) is 0 Å². The molecule has 0 spiro atoms. The number of hydrogen-bond acceptors (Lipinski definition) is 18. The van der Waals surface area contributed by atoms with Gasteiger partial charge >= 0.3 is 0 Å². The maximum Gasteiger partial charge on any atom is 0.243 e. The highest BCUT2D eigenvalue weighted by molar-refractivity contribution is 5.93. The number of Topliss-reactive ketones (excluding diaryl/α,β-unsaturated/α-hetero) is 1. The van der Waals surface area contributed by atoms with Crippen molar-refractivity contribution in [2.24, 2.45) is 11.8 Å². The van der Waals surface area contributed by atoms with Crippen molar-refractivity contribution in [3.63, 3.8) is 0 Å². The molecule has 0 aromatic heterocycles. The Balaban J connectivity index is 1.81. The van der Waals surface area contributed by atoms with Crippen LogP contribution in [-0.2, 0) is 92.0 Å². The van der Waals surface area contributed by atoms with E-state index in [0.717, 1.165) is 18.6 Å². The average Bonchev–Trinajstić information content (AvgIpc) is 3.37. The first-order valence-electron chi connectivity index (χ1n) is 25.3. The third kappa shape index (κ3) is 44.9. The summed E-state index contributed by atoms with van der Waals surface area (Å²) in [5.41, 5.74) is 0.805. The van der Waals surface area contributed by atoms with Crippen molar-refractivity contribution in [1.29, 1.82) is 0 Å². The number of benzene rings is 1. The van der Waals surface area contributed by atoms with Gasteiger partial charge < -0.3 is 82.8 Å². The lowest BCUT2D eigenvalue weighted by molar-refractivity contribution is -0.131. The van der Waals surface area contributed by atoms with Gasteiger partial charge in [-0.1, -0.05) is 58.0 Å². The molecule has 4 N–H and O–H groups in total. The molecule has 416 valence electrons. The number of hydrogen-bond donors (Lipinski definition) is 4. The van der Waals surface area contributed by atoms with Crippen molar-refractivity contribution in [2.75, 3.05) is 191 Å². The molecule has 0 bridgehead atoms. The molecule has 4 amide bonds. The largest absolute Gasteiger partial charge is 0.379 e. The van der Waals surface area contributed by atoms with E-state index < -0.39 is 36.2 Å². The molecule has 0 aliphatic carbocycles. The summed E-state index contributed by atoms with van der Waals surface area (Å²) in [4.78, 5) is 61.8. The van der Waals surface area contributed by atoms with Crippen LogP contribution in [0.1, 0.15) is 46.1 Å². The lowest BCUT2D eigenvalue weighted by atomic mass is 10.0. The Morgan fingerprint density at radius 1 is 0.389 bits per heavy atom. The Morgan fingerprint density at radius 3 is 1.08 bits per heavy atom. The molecule has 0 aliphatic rings. The van der Waals surface area contributed by atoms with Crippen LogP contribution < -0.4 is 21.3 Å². The smallest absolute Gasteiger partial charge is 0.243 e. The second-order valence-electron chi connectivity index (χ2n) is 16.6. The van der Waals surface area contributed by atoms with Gasteiger partial charge in [0.1, 0.15) is 6.04 Å². The number of amides is 4. The van der Waals surface area contributed by atoms with Crippen LogP contribution in [0.25, 0.3) is 0 Å². The molecule has 0 saturated heterocycles. The quantitative estimate of drug-likeness (QED) is 0.0663. The first kappa shape index (κ1) is 66.3. The van der Waals surface area contributed by atoms with Crippen molar-refractivity contribution < 1.29 is 85.6 Å². The standard InChI is InChI=1S/C50H88N4O18/c1-42(2)10-12-60-14-16-62-18-20-64-22-24-66-26-28-68-30-32-70-34-36-72-37-35-71-33-31-69-29-27-67-25-23-65-21-19-63-17-15-61-13-11-47(56)51-40-48(57)52-41-49(58)54-45(38-44-8-6-5-7-9-44)50(59)53-39-46(55)43(3)4/h5-9,42-43,45H,10-41H2,1-4H3,(H,51,56)(H,52,57)(H,53,59)(H,54,58)/t45-/m0/s1. The second-order valence-corrected chi connectivity index (χ2v) is 16.6. The van der Waals surface area contributed by atoms with Gasteiger partial charge in [0.05, 0.1) is 185 Å². The van der Waals surface area contributed by atoms with Crippen molar-refractivity contribution in [1.82, 2.24) is 21.3 Å². The first-order valence-corrected chi connectivity index (χ1v) is 25.3. The molecule has 1 rings (SSSR count). The zero-order chi connectivity index (χ0) is 52.4. The van der Waals surface area contributed by atoms with Gasteiger partial charge in [-0.05, 0) is 17.9 Å². The zero-order valence-corrected chi connectivity index (χ0v) is 43.6. The molecular formula is C50H88N4O18. The predicted octanol–water partition coefficient (Wildman–Crippen LogP) is 0.940. The molecular weight excluding hydrogens is 945 g/mol.